The van der Waals surface area contributed by atoms with Gasteiger partial charge in [0, 0.05) is 10.6 Å². The van der Waals surface area contributed by atoms with E-state index in [1.54, 1.807) is 0 Å². The van der Waals surface area contributed by atoms with Gasteiger partial charge >= 0.3 is 5.97 Å². The normalized spacial score (nSPS) is 51.2. The molecule has 0 radical (unpaired) electrons. The van der Waals surface area contributed by atoms with Crippen LogP contribution in [0.5, 0.6) is 0 Å². The highest BCUT2D eigenvalue weighted by Gasteiger charge is 2.60. The number of carbonyl (C=O) groups is 1. The van der Waals surface area contributed by atoms with Gasteiger partial charge in [0.05, 0.1) is 57.9 Å². The third kappa shape index (κ3) is 15.8. The van der Waals surface area contributed by atoms with E-state index < -0.39 is 298 Å². The Morgan fingerprint density at radius 3 is 0.649 bits per heavy atom. The third-order valence-electron chi connectivity index (χ3n) is 18.2. The molecule has 1 aromatic carbocycles. The van der Waals surface area contributed by atoms with Gasteiger partial charge in [-0.15, -0.1) is 11.8 Å². The monoisotopic (exact) mass is 1430 g/mol. The average Bonchev–Trinajstić information content (AvgIpc) is 0.818. The molecule has 41 nitrogen and oxygen atoms in total. The topological polar surface area (TPSA) is 650 Å². The van der Waals surface area contributed by atoms with E-state index in [1.165, 1.54) is 24.3 Å². The van der Waals surface area contributed by atoms with Crippen LogP contribution in [0.1, 0.15) is 10.4 Å². The Balaban J connectivity index is 0.933. The van der Waals surface area contributed by atoms with Crippen LogP contribution in [0, 0.1) is 0 Å². The molecule has 97 heavy (non-hydrogen) atoms. The SMILES string of the molecule is O=C(O)c1cccc(SC[C@H]2O[C@@H]3O[C@H]4[C@H](O)[C@@H](O)[C@@H](O[C@H]5[C@H](O)[C@@H](O)[C@@H](O[C@H]6[C@H](O)[C@@H](O)[C@@H](O[C@H]7[C@H](O)[C@@H](O)[C@@H](O[C@H]8[C@@H](O)[C@H](O)[C@@H](O[C@H]9[C@H](O)[C@@H](O)[C@@H](O[C@H]%10[C@@H](O)[C@H](O)[C@@H](O[C@H]2[C@H](O)[C@H]3O)O[C@@H]%10CO)O[C@@H]9CO)O[C@@H]8CO)O[C@@H]7CO)O[C@H]6CO)O[C@H]5CO)O[C@H]4CO)c1. The summed E-state index contributed by atoms with van der Waals surface area (Å²) in [5.74, 6) is -1.68. The van der Waals surface area contributed by atoms with Crippen molar-refractivity contribution in [2.45, 2.75) is 251 Å². The van der Waals surface area contributed by atoms with Crippen molar-refractivity contribution in [3.63, 3.8) is 0 Å². The summed E-state index contributed by atoms with van der Waals surface area (Å²) in [6.07, 6.45) is -82.5. The van der Waals surface area contributed by atoms with Gasteiger partial charge in [0.25, 0.3) is 0 Å². The number of ether oxygens (including phenoxy) is 16. The third-order valence-corrected chi connectivity index (χ3v) is 19.3. The highest BCUT2D eigenvalue weighted by atomic mass is 32.2. The first-order chi connectivity index (χ1) is 46.2. The van der Waals surface area contributed by atoms with E-state index in [1.807, 2.05) is 0 Å². The Bertz CT molecular complexity index is 2630. The average molecular weight is 1430 g/mol. The fourth-order valence-corrected chi connectivity index (χ4v) is 13.8. The van der Waals surface area contributed by atoms with E-state index >= 15 is 0 Å². The molecule has 24 N–H and O–H groups in total. The molecule has 42 heteroatoms. The van der Waals surface area contributed by atoms with Crippen LogP contribution < -0.4 is 0 Å². The number of aliphatic hydroxyl groups excluding tert-OH is 23. The number of carboxylic acids is 1. The van der Waals surface area contributed by atoms with E-state index in [2.05, 4.69) is 0 Å². The van der Waals surface area contributed by atoms with Crippen molar-refractivity contribution < 1.29 is 203 Å². The van der Waals surface area contributed by atoms with Crippen LogP contribution in [0.4, 0.5) is 0 Å². The Morgan fingerprint density at radius 1 is 0.278 bits per heavy atom. The van der Waals surface area contributed by atoms with Gasteiger partial charge in [-0.2, -0.15) is 0 Å². The van der Waals surface area contributed by atoms with Crippen LogP contribution in [-0.2, 0) is 75.8 Å². The van der Waals surface area contributed by atoms with E-state index in [-0.39, 0.29) is 16.2 Å². The molecule has 31 rings (SSSR count). The predicted octanol–water partition coefficient (Wildman–Crippen LogP) is -14.9. The van der Waals surface area contributed by atoms with Gasteiger partial charge < -0.3 is 198 Å². The van der Waals surface area contributed by atoms with Crippen molar-refractivity contribution in [2.75, 3.05) is 52.0 Å². The van der Waals surface area contributed by atoms with Crippen molar-refractivity contribution in [3.8, 4) is 0 Å². The quantitative estimate of drug-likeness (QED) is 0.0915. The van der Waals surface area contributed by atoms with Crippen LogP contribution in [0.3, 0.4) is 0 Å². The number of hydrogen-bond acceptors (Lipinski definition) is 41. The summed E-state index contributed by atoms with van der Waals surface area (Å²) in [5, 5.41) is 268. The number of aliphatic hydroxyl groups is 23. The molecular formula is C55H84O41S. The minimum absolute atomic E-state index is 0.159. The minimum Gasteiger partial charge on any atom is -0.478 e. The first-order valence-electron chi connectivity index (χ1n) is 30.8. The molecule has 0 aliphatic carbocycles. The van der Waals surface area contributed by atoms with Crippen LogP contribution in [-0.4, -0.2) is 426 Å². The molecule has 40 atom stereocenters. The molecule has 30 heterocycles. The van der Waals surface area contributed by atoms with Gasteiger partial charge in [-0.3, -0.25) is 0 Å². The second-order valence-corrected chi connectivity index (χ2v) is 25.5. The molecule has 30 aliphatic heterocycles. The lowest BCUT2D eigenvalue weighted by Crippen LogP contribution is -2.69. The van der Waals surface area contributed by atoms with Crippen LogP contribution in [0.2, 0.25) is 0 Å². The van der Waals surface area contributed by atoms with Crippen LogP contribution in [0.25, 0.3) is 0 Å². The van der Waals surface area contributed by atoms with Gasteiger partial charge in [-0.25, -0.2) is 4.79 Å². The molecule has 0 amide bonds. The minimum atomic E-state index is -2.28. The second-order valence-electron chi connectivity index (χ2n) is 24.4. The summed E-state index contributed by atoms with van der Waals surface area (Å²) < 4.78 is 92.8. The zero-order valence-electron chi connectivity index (χ0n) is 50.6. The molecule has 556 valence electrons. The van der Waals surface area contributed by atoms with Gasteiger partial charge in [-0.1, -0.05) is 6.07 Å². The van der Waals surface area contributed by atoms with Crippen molar-refractivity contribution in [1.82, 2.24) is 0 Å². The highest BCUT2D eigenvalue weighted by molar-refractivity contribution is 7.99. The maximum atomic E-state index is 11.9. The number of carboxylic acid groups (broad SMARTS) is 1. The molecule has 16 bridgehead atoms. The Morgan fingerprint density at radius 2 is 0.464 bits per heavy atom. The van der Waals surface area contributed by atoms with E-state index in [0.717, 1.165) is 11.8 Å². The molecule has 30 aliphatic rings. The molecule has 0 spiro atoms. The van der Waals surface area contributed by atoms with Gasteiger partial charge in [-0.05, 0) is 18.2 Å². The first-order valence-corrected chi connectivity index (χ1v) is 31.8. The summed E-state index contributed by atoms with van der Waals surface area (Å²) in [4.78, 5) is 12.2. The van der Waals surface area contributed by atoms with Crippen molar-refractivity contribution in [2.24, 2.45) is 0 Å². The molecule has 0 unspecified atom stereocenters. The fourth-order valence-electron chi connectivity index (χ4n) is 12.8. The maximum Gasteiger partial charge on any atom is 0.335 e. The summed E-state index contributed by atoms with van der Waals surface area (Å²) in [6.45, 7) is -7.66. The number of hydrogen-bond donors (Lipinski definition) is 24. The lowest BCUT2D eigenvalue weighted by Gasteiger charge is -2.50. The first kappa shape index (κ1) is 77.1. The molecule has 0 aromatic heterocycles. The van der Waals surface area contributed by atoms with Crippen LogP contribution in [0.15, 0.2) is 29.2 Å². The predicted molar refractivity (Wildman–Crippen MR) is 298 cm³/mol. The van der Waals surface area contributed by atoms with E-state index in [0.29, 0.717) is 0 Å². The number of benzene rings is 1. The maximum absolute atomic E-state index is 11.9. The zero-order valence-corrected chi connectivity index (χ0v) is 51.5. The smallest absolute Gasteiger partial charge is 0.335 e. The van der Waals surface area contributed by atoms with Gasteiger partial charge in [0.15, 0.2) is 50.3 Å². The molecule has 30 saturated heterocycles. The second kappa shape index (κ2) is 33.1. The summed E-state index contributed by atoms with van der Waals surface area (Å²) in [6, 6.07) is 5.43. The van der Waals surface area contributed by atoms with Crippen molar-refractivity contribution in [3.05, 3.63) is 29.8 Å². The largest absolute Gasteiger partial charge is 0.478 e. The zero-order chi connectivity index (χ0) is 70.3. The number of rotatable bonds is 11. The van der Waals surface area contributed by atoms with Crippen molar-refractivity contribution in [1.29, 1.82) is 0 Å². The Kier molecular flexibility index (Phi) is 26.3. The van der Waals surface area contributed by atoms with Crippen molar-refractivity contribution >= 4 is 17.7 Å². The molecule has 1 aromatic rings. The molecular weight excluding hydrogens is 1350 g/mol. The van der Waals surface area contributed by atoms with Gasteiger partial charge in [0.1, 0.15) is 189 Å². The van der Waals surface area contributed by atoms with E-state index in [4.69, 9.17) is 75.8 Å². The summed E-state index contributed by atoms with van der Waals surface area (Å²) in [5.41, 5.74) is -0.159. The van der Waals surface area contributed by atoms with Crippen LogP contribution >= 0.6 is 11.8 Å². The lowest BCUT2D eigenvalue weighted by molar-refractivity contribution is -0.403. The summed E-state index contributed by atoms with van der Waals surface area (Å²) >= 11 is 0.887. The lowest BCUT2D eigenvalue weighted by atomic mass is 9.95. The van der Waals surface area contributed by atoms with Gasteiger partial charge in [0.2, 0.25) is 0 Å². The molecule has 30 fully saturated rings. The van der Waals surface area contributed by atoms with E-state index in [9.17, 15) is 127 Å². The Labute approximate surface area is 551 Å². The standard InChI is InChI=1S/C55H84O41S/c56-5-15-39-23(63)31(71)48(81-15)90-40-16(6-57)83-50(33(73)25(40)65)92-42-18(8-59)85-52(35(75)27(42)67)94-44-20(10-61)87-54(37(77)29(44)69)96-46-22(12-97-14-3-1-2-13(4-14)47(79)80)88-55(38(78)30(46)70)95-45-21(11-62)86-53(36(76)28(45)68)93-43-19(9-60)84-51(34(74)26(43)66)91-41-17(7-58)82-49(89-39)32(72)24(41)64/h1-4,15-46,48-78H,5-12H2,(H,79,80)/t15-,16-,17+,18-,19+,20-,21+,22-,23-,24-,25+,26-,27-,28-,29+,30-,31-,32-,33+,34-,35-,36-,37+,38-,39-,40-,41-,42-,43-,44-,45-,46-,48-,49-,50-,51-,52-,53-,54-,55-/m1/s1. The Hall–Kier alpha value is -2.52. The summed E-state index contributed by atoms with van der Waals surface area (Å²) in [7, 11) is 0. The number of aromatic carboxylic acids is 1. The number of thioether (sulfide) groups is 1. The molecule has 0 saturated carbocycles. The highest BCUT2D eigenvalue weighted by Crippen LogP contribution is 2.41. The fraction of sp³-hybridized carbons (Fsp3) is 0.873.